The van der Waals surface area contributed by atoms with Crippen molar-refractivity contribution in [2.75, 3.05) is 0 Å². The summed E-state index contributed by atoms with van der Waals surface area (Å²) in [6, 6.07) is 1.96. The van der Waals surface area contributed by atoms with E-state index in [0.717, 1.165) is 31.2 Å². The van der Waals surface area contributed by atoms with E-state index in [0.29, 0.717) is 10.6 Å². The van der Waals surface area contributed by atoms with Crippen LogP contribution in [-0.4, -0.2) is 10.9 Å². The zero-order chi connectivity index (χ0) is 12.4. The number of carbonyl (C=O) groups excluding carboxylic acids is 1. The highest BCUT2D eigenvalue weighted by Gasteiger charge is 2.18. The lowest BCUT2D eigenvalue weighted by Crippen LogP contribution is -2.01. The van der Waals surface area contributed by atoms with E-state index in [1.54, 1.807) is 0 Å². The quantitative estimate of drug-likeness (QED) is 0.819. The van der Waals surface area contributed by atoms with Gasteiger partial charge in [-0.05, 0) is 43.7 Å². The molecule has 0 saturated carbocycles. The molecule has 0 amide bonds. The molecule has 0 aromatic heterocycles. The Hall–Kier alpha value is -1.02. The van der Waals surface area contributed by atoms with E-state index in [2.05, 4.69) is 0 Å². The van der Waals surface area contributed by atoms with E-state index in [-0.39, 0.29) is 18.0 Å². The maximum Gasteiger partial charge on any atom is 0.138 e. The van der Waals surface area contributed by atoms with Crippen molar-refractivity contribution in [3.8, 4) is 5.75 Å². The normalized spacial score (nSPS) is 15.2. The van der Waals surface area contributed by atoms with Gasteiger partial charge in [-0.1, -0.05) is 24.1 Å². The molecule has 1 aliphatic carbocycles. The first-order valence-electron chi connectivity index (χ1n) is 6.11. The van der Waals surface area contributed by atoms with Crippen LogP contribution in [-0.2, 0) is 24.1 Å². The summed E-state index contributed by atoms with van der Waals surface area (Å²) < 4.78 is 0. The second kappa shape index (κ2) is 5.09. The summed E-state index contributed by atoms with van der Waals surface area (Å²) in [6.45, 7) is 1.53. The van der Waals surface area contributed by atoms with Gasteiger partial charge in [-0.25, -0.2) is 0 Å². The standard InChI is InChI=1S/C14H17ClO2/c1-9(16)7-11-8-10-5-3-2-4-6-12(10)13(15)14(11)17/h8,17H,2-7H2,1H3. The van der Waals surface area contributed by atoms with E-state index in [9.17, 15) is 9.90 Å². The first-order chi connectivity index (χ1) is 8.09. The minimum absolute atomic E-state index is 0.0462. The Labute approximate surface area is 107 Å². The van der Waals surface area contributed by atoms with Crippen LogP contribution in [0.25, 0.3) is 0 Å². The second-order valence-electron chi connectivity index (χ2n) is 4.78. The zero-order valence-electron chi connectivity index (χ0n) is 10.1. The largest absolute Gasteiger partial charge is 0.506 e. The average molecular weight is 253 g/mol. The minimum atomic E-state index is 0.0462. The van der Waals surface area contributed by atoms with Gasteiger partial charge in [0.1, 0.15) is 11.5 Å². The van der Waals surface area contributed by atoms with Crippen molar-refractivity contribution >= 4 is 17.4 Å². The Morgan fingerprint density at radius 2 is 2.06 bits per heavy atom. The van der Waals surface area contributed by atoms with Crippen molar-refractivity contribution < 1.29 is 9.90 Å². The Balaban J connectivity index is 2.47. The van der Waals surface area contributed by atoms with Crippen LogP contribution in [0.1, 0.15) is 42.9 Å². The number of ketones is 1. The molecular formula is C14H17ClO2. The molecule has 2 rings (SSSR count). The molecular weight excluding hydrogens is 236 g/mol. The maximum absolute atomic E-state index is 11.2. The summed E-state index contributed by atoms with van der Waals surface area (Å²) in [4.78, 5) is 11.2. The number of benzene rings is 1. The number of halogens is 1. The molecule has 0 saturated heterocycles. The van der Waals surface area contributed by atoms with Crippen LogP contribution < -0.4 is 0 Å². The Morgan fingerprint density at radius 1 is 1.35 bits per heavy atom. The fourth-order valence-corrected chi connectivity index (χ4v) is 2.82. The molecule has 0 aliphatic heterocycles. The molecule has 0 atom stereocenters. The summed E-state index contributed by atoms with van der Waals surface area (Å²) in [5, 5.41) is 10.5. The maximum atomic E-state index is 11.2. The number of rotatable bonds is 2. The highest BCUT2D eigenvalue weighted by atomic mass is 35.5. The topological polar surface area (TPSA) is 37.3 Å². The van der Waals surface area contributed by atoms with Crippen molar-refractivity contribution in [3.63, 3.8) is 0 Å². The number of fused-ring (bicyclic) bond motifs is 1. The number of aromatic hydroxyl groups is 1. The van der Waals surface area contributed by atoms with Crippen molar-refractivity contribution in [2.24, 2.45) is 0 Å². The van der Waals surface area contributed by atoms with E-state index in [1.165, 1.54) is 18.9 Å². The van der Waals surface area contributed by atoms with Crippen LogP contribution >= 0.6 is 11.6 Å². The number of phenols is 1. The smallest absolute Gasteiger partial charge is 0.138 e. The Kier molecular flexibility index (Phi) is 3.72. The first-order valence-corrected chi connectivity index (χ1v) is 6.49. The summed E-state index contributed by atoms with van der Waals surface area (Å²) in [5.74, 6) is 0.146. The molecule has 0 unspecified atom stereocenters. The molecule has 0 spiro atoms. The van der Waals surface area contributed by atoms with E-state index in [1.807, 2.05) is 6.07 Å². The van der Waals surface area contributed by atoms with Crippen molar-refractivity contribution in [1.29, 1.82) is 0 Å². The van der Waals surface area contributed by atoms with Crippen molar-refractivity contribution in [3.05, 3.63) is 27.8 Å². The molecule has 0 radical (unpaired) electrons. The molecule has 0 fully saturated rings. The average Bonchev–Trinajstić information content (AvgIpc) is 2.50. The molecule has 17 heavy (non-hydrogen) atoms. The van der Waals surface area contributed by atoms with Crippen LogP contribution in [0.5, 0.6) is 5.75 Å². The second-order valence-corrected chi connectivity index (χ2v) is 5.15. The Morgan fingerprint density at radius 3 is 2.76 bits per heavy atom. The number of phenolic OH excluding ortho intramolecular Hbond substituents is 1. The van der Waals surface area contributed by atoms with Gasteiger partial charge < -0.3 is 5.11 Å². The molecule has 92 valence electrons. The molecule has 0 heterocycles. The lowest BCUT2D eigenvalue weighted by molar-refractivity contribution is -0.116. The molecule has 0 bridgehead atoms. The summed E-state index contributed by atoms with van der Waals surface area (Å²) in [5.41, 5.74) is 2.96. The van der Waals surface area contributed by atoms with Crippen LogP contribution in [0.3, 0.4) is 0 Å². The van der Waals surface area contributed by atoms with Crippen LogP contribution in [0.2, 0.25) is 5.02 Å². The summed E-state index contributed by atoms with van der Waals surface area (Å²) in [7, 11) is 0. The van der Waals surface area contributed by atoms with Crippen molar-refractivity contribution in [1.82, 2.24) is 0 Å². The predicted octanol–water partition coefficient (Wildman–Crippen LogP) is 3.45. The van der Waals surface area contributed by atoms with Gasteiger partial charge in [0.15, 0.2) is 0 Å². The van der Waals surface area contributed by atoms with Gasteiger partial charge in [0, 0.05) is 12.0 Å². The Bertz CT molecular complexity index is 452. The highest BCUT2D eigenvalue weighted by Crippen LogP contribution is 2.37. The third-order valence-corrected chi connectivity index (χ3v) is 3.73. The molecule has 2 nitrogen and oxygen atoms in total. The van der Waals surface area contributed by atoms with Gasteiger partial charge >= 0.3 is 0 Å². The molecule has 1 aromatic rings. The SMILES string of the molecule is CC(=O)Cc1cc2c(c(Cl)c1O)CCCCC2. The van der Waals surface area contributed by atoms with Gasteiger partial charge in [-0.15, -0.1) is 0 Å². The number of hydrogen-bond donors (Lipinski definition) is 1. The van der Waals surface area contributed by atoms with E-state index in [4.69, 9.17) is 11.6 Å². The third kappa shape index (κ3) is 2.63. The summed E-state index contributed by atoms with van der Waals surface area (Å²) >= 11 is 6.21. The number of aryl methyl sites for hydroxylation is 1. The van der Waals surface area contributed by atoms with E-state index >= 15 is 0 Å². The van der Waals surface area contributed by atoms with Crippen LogP contribution in [0.4, 0.5) is 0 Å². The fourth-order valence-electron chi connectivity index (χ4n) is 2.48. The minimum Gasteiger partial charge on any atom is -0.506 e. The third-order valence-electron chi connectivity index (χ3n) is 3.33. The lowest BCUT2D eigenvalue weighted by Gasteiger charge is -2.13. The van der Waals surface area contributed by atoms with Crippen LogP contribution in [0, 0.1) is 0 Å². The summed E-state index contributed by atoms with van der Waals surface area (Å²) in [6.07, 6.45) is 5.68. The van der Waals surface area contributed by atoms with Gasteiger partial charge in [0.25, 0.3) is 0 Å². The van der Waals surface area contributed by atoms with Gasteiger partial charge in [0.2, 0.25) is 0 Å². The number of Topliss-reactive ketones (excluding diaryl/α,β-unsaturated/α-hetero) is 1. The number of hydrogen-bond acceptors (Lipinski definition) is 2. The predicted molar refractivity (Wildman–Crippen MR) is 68.8 cm³/mol. The van der Waals surface area contributed by atoms with Gasteiger partial charge in [-0.2, -0.15) is 0 Å². The fraction of sp³-hybridized carbons (Fsp3) is 0.500. The van der Waals surface area contributed by atoms with E-state index < -0.39 is 0 Å². The molecule has 1 N–H and O–H groups in total. The van der Waals surface area contributed by atoms with Crippen molar-refractivity contribution in [2.45, 2.75) is 45.4 Å². The van der Waals surface area contributed by atoms with Gasteiger partial charge in [-0.3, -0.25) is 4.79 Å². The highest BCUT2D eigenvalue weighted by molar-refractivity contribution is 6.33. The molecule has 1 aromatic carbocycles. The van der Waals surface area contributed by atoms with Gasteiger partial charge in [0.05, 0.1) is 5.02 Å². The van der Waals surface area contributed by atoms with Crippen LogP contribution in [0.15, 0.2) is 6.07 Å². The number of carbonyl (C=O) groups is 1. The molecule has 1 aliphatic rings. The lowest BCUT2D eigenvalue weighted by atomic mass is 9.97. The molecule has 3 heteroatoms. The monoisotopic (exact) mass is 252 g/mol. The zero-order valence-corrected chi connectivity index (χ0v) is 10.8. The first kappa shape index (κ1) is 12.4.